The molecule has 0 amide bonds. The molecule has 0 aliphatic carbocycles. The second-order valence-electron chi connectivity index (χ2n) is 5.63. The molecule has 3 rings (SSSR count). The predicted molar refractivity (Wildman–Crippen MR) is 104 cm³/mol. The summed E-state index contributed by atoms with van der Waals surface area (Å²) in [6.07, 6.45) is 0. The SMILES string of the molecule is CNc1nc(-c2ccc(Cl)cc2Cl)c(-c2ccc(C)cc2)cc1C#N. The lowest BCUT2D eigenvalue weighted by atomic mass is 9.97. The molecule has 0 aliphatic rings. The molecule has 0 saturated heterocycles. The predicted octanol–water partition coefficient (Wildman–Crippen LogP) is 5.94. The van der Waals surface area contributed by atoms with E-state index in [1.807, 2.05) is 43.3 Å². The van der Waals surface area contributed by atoms with Crippen LogP contribution in [0.15, 0.2) is 48.5 Å². The first-order chi connectivity index (χ1) is 12.0. The number of anilines is 1. The maximum Gasteiger partial charge on any atom is 0.144 e. The summed E-state index contributed by atoms with van der Waals surface area (Å²) in [6.45, 7) is 2.03. The number of hydrogen-bond donors (Lipinski definition) is 1. The normalized spacial score (nSPS) is 10.4. The Balaban J connectivity index is 2.32. The Labute approximate surface area is 156 Å². The van der Waals surface area contributed by atoms with Gasteiger partial charge in [-0.25, -0.2) is 4.98 Å². The number of benzene rings is 2. The Hall–Kier alpha value is -2.54. The third-order valence-corrected chi connectivity index (χ3v) is 4.48. The molecular weight excluding hydrogens is 353 g/mol. The number of nitriles is 1. The molecule has 1 N–H and O–H groups in total. The van der Waals surface area contributed by atoms with Crippen molar-refractivity contribution in [3.8, 4) is 28.5 Å². The molecule has 1 aromatic heterocycles. The van der Waals surface area contributed by atoms with Crippen LogP contribution in [0.5, 0.6) is 0 Å². The lowest BCUT2D eigenvalue weighted by Crippen LogP contribution is -2.00. The summed E-state index contributed by atoms with van der Waals surface area (Å²) in [5.74, 6) is 0.513. The largest absolute Gasteiger partial charge is 0.372 e. The van der Waals surface area contributed by atoms with E-state index in [0.717, 1.165) is 22.3 Å². The number of nitrogens with zero attached hydrogens (tertiary/aromatic N) is 2. The van der Waals surface area contributed by atoms with Crippen LogP contribution in [-0.2, 0) is 0 Å². The Morgan fingerprint density at radius 1 is 1.00 bits per heavy atom. The van der Waals surface area contributed by atoms with Crippen molar-refractivity contribution in [3.63, 3.8) is 0 Å². The fraction of sp³-hybridized carbons (Fsp3) is 0.100. The third kappa shape index (κ3) is 3.46. The van der Waals surface area contributed by atoms with E-state index in [1.165, 1.54) is 0 Å². The van der Waals surface area contributed by atoms with Crippen LogP contribution >= 0.6 is 23.2 Å². The van der Waals surface area contributed by atoms with Gasteiger partial charge in [0.2, 0.25) is 0 Å². The fourth-order valence-electron chi connectivity index (χ4n) is 2.63. The minimum atomic E-state index is 0.479. The Morgan fingerprint density at radius 2 is 1.72 bits per heavy atom. The van der Waals surface area contributed by atoms with Gasteiger partial charge in [-0.15, -0.1) is 0 Å². The topological polar surface area (TPSA) is 48.7 Å². The highest BCUT2D eigenvalue weighted by atomic mass is 35.5. The van der Waals surface area contributed by atoms with Gasteiger partial charge in [0.15, 0.2) is 0 Å². The number of hydrogen-bond acceptors (Lipinski definition) is 3. The first kappa shape index (κ1) is 17.3. The van der Waals surface area contributed by atoms with Gasteiger partial charge in [-0.05, 0) is 36.8 Å². The lowest BCUT2D eigenvalue weighted by molar-refractivity contribution is 1.27. The number of nitrogens with one attached hydrogen (secondary N) is 1. The summed E-state index contributed by atoms with van der Waals surface area (Å²) in [6, 6.07) is 17.4. The van der Waals surface area contributed by atoms with Crippen LogP contribution < -0.4 is 5.32 Å². The summed E-state index contributed by atoms with van der Waals surface area (Å²) in [5, 5.41) is 13.5. The Bertz CT molecular complexity index is 973. The van der Waals surface area contributed by atoms with Crippen LogP contribution in [0.2, 0.25) is 10.0 Å². The van der Waals surface area contributed by atoms with Gasteiger partial charge in [-0.1, -0.05) is 53.0 Å². The third-order valence-electron chi connectivity index (χ3n) is 3.93. The van der Waals surface area contributed by atoms with Gasteiger partial charge in [0.25, 0.3) is 0 Å². The van der Waals surface area contributed by atoms with E-state index in [0.29, 0.717) is 27.1 Å². The molecule has 0 unspecified atom stereocenters. The minimum absolute atomic E-state index is 0.479. The molecule has 0 fully saturated rings. The maximum absolute atomic E-state index is 9.44. The van der Waals surface area contributed by atoms with Gasteiger partial charge >= 0.3 is 0 Å². The summed E-state index contributed by atoms with van der Waals surface area (Å²) in [7, 11) is 1.74. The highest BCUT2D eigenvalue weighted by Gasteiger charge is 2.16. The van der Waals surface area contributed by atoms with Gasteiger partial charge in [0, 0.05) is 23.2 Å². The van der Waals surface area contributed by atoms with Crippen LogP contribution in [0.1, 0.15) is 11.1 Å². The van der Waals surface area contributed by atoms with Gasteiger partial charge in [0.1, 0.15) is 11.9 Å². The molecule has 0 spiro atoms. The zero-order valence-corrected chi connectivity index (χ0v) is 15.3. The molecule has 0 radical (unpaired) electrons. The highest BCUT2D eigenvalue weighted by molar-refractivity contribution is 6.36. The van der Waals surface area contributed by atoms with E-state index in [2.05, 4.69) is 16.4 Å². The molecule has 5 heteroatoms. The molecule has 2 aromatic carbocycles. The average molecular weight is 368 g/mol. The molecule has 1 heterocycles. The summed E-state index contributed by atoms with van der Waals surface area (Å²) >= 11 is 12.4. The molecule has 3 nitrogen and oxygen atoms in total. The number of rotatable bonds is 3. The van der Waals surface area contributed by atoms with E-state index in [9.17, 15) is 5.26 Å². The number of halogens is 2. The standard InChI is InChI=1S/C20H15Cl2N3/c1-12-3-5-13(6-4-12)17-9-14(11-23)20(24-2)25-19(17)16-8-7-15(21)10-18(16)22/h3-10H,1-2H3,(H,24,25). The van der Waals surface area contributed by atoms with Crippen molar-refractivity contribution >= 4 is 29.0 Å². The zero-order valence-electron chi connectivity index (χ0n) is 13.8. The molecule has 25 heavy (non-hydrogen) atoms. The van der Waals surface area contributed by atoms with E-state index < -0.39 is 0 Å². The maximum atomic E-state index is 9.44. The van der Waals surface area contributed by atoms with Gasteiger partial charge in [0.05, 0.1) is 16.3 Å². The molecule has 0 atom stereocenters. The van der Waals surface area contributed by atoms with Crippen LogP contribution in [0.3, 0.4) is 0 Å². The van der Waals surface area contributed by atoms with Gasteiger partial charge in [-0.3, -0.25) is 0 Å². The van der Waals surface area contributed by atoms with Gasteiger partial charge < -0.3 is 5.32 Å². The van der Waals surface area contributed by atoms with Crippen molar-refractivity contribution < 1.29 is 0 Å². The molecule has 0 bridgehead atoms. The molecule has 0 aliphatic heterocycles. The minimum Gasteiger partial charge on any atom is -0.372 e. The molecule has 124 valence electrons. The smallest absolute Gasteiger partial charge is 0.144 e. The Kier molecular flexibility index (Phi) is 4.94. The quantitative estimate of drug-likeness (QED) is 0.622. The zero-order chi connectivity index (χ0) is 18.0. The second-order valence-corrected chi connectivity index (χ2v) is 6.48. The summed E-state index contributed by atoms with van der Waals surface area (Å²) < 4.78 is 0. The first-order valence-corrected chi connectivity index (χ1v) is 8.44. The molecular formula is C20H15Cl2N3. The van der Waals surface area contributed by atoms with Crippen LogP contribution in [0.25, 0.3) is 22.4 Å². The van der Waals surface area contributed by atoms with Gasteiger partial charge in [-0.2, -0.15) is 5.26 Å². The Morgan fingerprint density at radius 3 is 2.32 bits per heavy atom. The monoisotopic (exact) mass is 367 g/mol. The van der Waals surface area contributed by atoms with E-state index >= 15 is 0 Å². The summed E-state index contributed by atoms with van der Waals surface area (Å²) in [4.78, 5) is 4.66. The number of aromatic nitrogens is 1. The fourth-order valence-corrected chi connectivity index (χ4v) is 3.13. The van der Waals surface area contributed by atoms with Crippen molar-refractivity contribution in [1.82, 2.24) is 4.98 Å². The van der Waals surface area contributed by atoms with Crippen LogP contribution in [-0.4, -0.2) is 12.0 Å². The first-order valence-electron chi connectivity index (χ1n) is 7.69. The van der Waals surface area contributed by atoms with Crippen LogP contribution in [0, 0.1) is 18.3 Å². The van der Waals surface area contributed by atoms with Crippen molar-refractivity contribution in [1.29, 1.82) is 5.26 Å². The van der Waals surface area contributed by atoms with Crippen molar-refractivity contribution in [2.24, 2.45) is 0 Å². The number of aryl methyl sites for hydroxylation is 1. The van der Waals surface area contributed by atoms with Crippen molar-refractivity contribution in [3.05, 3.63) is 69.7 Å². The van der Waals surface area contributed by atoms with E-state index in [-0.39, 0.29) is 0 Å². The van der Waals surface area contributed by atoms with E-state index in [4.69, 9.17) is 23.2 Å². The number of pyridine rings is 1. The molecule has 3 aromatic rings. The molecule has 0 saturated carbocycles. The van der Waals surface area contributed by atoms with Crippen molar-refractivity contribution in [2.75, 3.05) is 12.4 Å². The second kappa shape index (κ2) is 7.14. The van der Waals surface area contributed by atoms with Crippen molar-refractivity contribution in [2.45, 2.75) is 6.92 Å². The highest BCUT2D eigenvalue weighted by Crippen LogP contribution is 2.37. The summed E-state index contributed by atoms with van der Waals surface area (Å²) in [5.41, 5.74) is 4.93. The lowest BCUT2D eigenvalue weighted by Gasteiger charge is -2.14. The van der Waals surface area contributed by atoms with E-state index in [1.54, 1.807) is 19.2 Å². The van der Waals surface area contributed by atoms with Crippen LogP contribution in [0.4, 0.5) is 5.82 Å². The average Bonchev–Trinajstić information content (AvgIpc) is 2.61.